The lowest BCUT2D eigenvalue weighted by molar-refractivity contribution is -0.126. The van der Waals surface area contributed by atoms with Crippen molar-refractivity contribution in [2.75, 3.05) is 61.1 Å². The Hall–Kier alpha value is -3.27. The van der Waals surface area contributed by atoms with Crippen molar-refractivity contribution in [3.05, 3.63) is 42.5 Å². The number of nitrogens with zero attached hydrogens (tertiary/aromatic N) is 4. The predicted molar refractivity (Wildman–Crippen MR) is 113 cm³/mol. The number of amides is 2. The summed E-state index contributed by atoms with van der Waals surface area (Å²) in [6.07, 6.45) is 1.66. The van der Waals surface area contributed by atoms with Crippen LogP contribution in [0.2, 0.25) is 0 Å². The Balaban J connectivity index is 1.23. The summed E-state index contributed by atoms with van der Waals surface area (Å²) < 4.78 is 18.5. The zero-order chi connectivity index (χ0) is 21.6. The molecule has 0 radical (unpaired) electrons. The first-order chi connectivity index (χ1) is 15.1. The Morgan fingerprint density at radius 3 is 2.71 bits per heavy atom. The Morgan fingerprint density at radius 2 is 1.94 bits per heavy atom. The van der Waals surface area contributed by atoms with Crippen molar-refractivity contribution in [3.8, 4) is 0 Å². The molecule has 2 aliphatic rings. The lowest BCUT2D eigenvalue weighted by Gasteiger charge is -2.27. The van der Waals surface area contributed by atoms with Gasteiger partial charge in [0.1, 0.15) is 23.8 Å². The van der Waals surface area contributed by atoms with Crippen LogP contribution in [0.3, 0.4) is 0 Å². The molecule has 164 valence electrons. The zero-order valence-electron chi connectivity index (χ0n) is 17.1. The van der Waals surface area contributed by atoms with E-state index in [9.17, 15) is 14.0 Å². The molecule has 10 heteroatoms. The molecule has 2 N–H and O–H groups in total. The minimum Gasteiger partial charge on any atom is -0.378 e. The number of morpholine rings is 1. The van der Waals surface area contributed by atoms with Gasteiger partial charge in [0, 0.05) is 50.9 Å². The van der Waals surface area contributed by atoms with Gasteiger partial charge in [0.15, 0.2) is 0 Å². The summed E-state index contributed by atoms with van der Waals surface area (Å²) in [5.74, 6) is 0.430. The lowest BCUT2D eigenvalue weighted by Crippen LogP contribution is -2.37. The van der Waals surface area contributed by atoms with E-state index in [2.05, 4.69) is 25.5 Å². The normalized spacial score (nSPS) is 18.9. The van der Waals surface area contributed by atoms with Crippen LogP contribution in [0.25, 0.3) is 0 Å². The van der Waals surface area contributed by atoms with Crippen LogP contribution >= 0.6 is 0 Å². The van der Waals surface area contributed by atoms with E-state index < -0.39 is 5.92 Å². The summed E-state index contributed by atoms with van der Waals surface area (Å²) in [5.41, 5.74) is 0.600. The van der Waals surface area contributed by atoms with Crippen molar-refractivity contribution in [1.29, 1.82) is 0 Å². The minimum atomic E-state index is -0.426. The Labute approximate surface area is 179 Å². The first-order valence-corrected chi connectivity index (χ1v) is 10.3. The summed E-state index contributed by atoms with van der Waals surface area (Å²) >= 11 is 0. The highest BCUT2D eigenvalue weighted by molar-refractivity contribution is 6.00. The Kier molecular flexibility index (Phi) is 6.56. The second kappa shape index (κ2) is 9.69. The molecule has 0 bridgehead atoms. The van der Waals surface area contributed by atoms with Crippen LogP contribution in [0.5, 0.6) is 0 Å². The summed E-state index contributed by atoms with van der Waals surface area (Å²) in [6, 6.07) is 7.58. The molecule has 2 fully saturated rings. The van der Waals surface area contributed by atoms with Crippen molar-refractivity contribution in [2.24, 2.45) is 5.92 Å². The van der Waals surface area contributed by atoms with Gasteiger partial charge in [-0.1, -0.05) is 0 Å². The molecule has 0 spiro atoms. The minimum absolute atomic E-state index is 0.137. The highest BCUT2D eigenvalue weighted by Gasteiger charge is 2.34. The molecule has 1 aromatic heterocycles. The second-order valence-corrected chi connectivity index (χ2v) is 7.46. The molecule has 3 heterocycles. The quantitative estimate of drug-likeness (QED) is 0.636. The van der Waals surface area contributed by atoms with Crippen LogP contribution in [0, 0.1) is 11.7 Å². The molecule has 1 unspecified atom stereocenters. The van der Waals surface area contributed by atoms with Gasteiger partial charge in [-0.3, -0.25) is 9.59 Å². The zero-order valence-corrected chi connectivity index (χ0v) is 17.1. The van der Waals surface area contributed by atoms with Crippen molar-refractivity contribution in [3.63, 3.8) is 0 Å². The summed E-state index contributed by atoms with van der Waals surface area (Å²) in [4.78, 5) is 36.9. The molecule has 31 heavy (non-hydrogen) atoms. The van der Waals surface area contributed by atoms with Gasteiger partial charge < -0.3 is 25.2 Å². The topological polar surface area (TPSA) is 99.7 Å². The maximum Gasteiger partial charge on any atom is 0.227 e. The number of carbonyl (C=O) groups is 2. The van der Waals surface area contributed by atoms with E-state index in [4.69, 9.17) is 4.74 Å². The number of aromatic nitrogens is 2. The first-order valence-electron chi connectivity index (χ1n) is 10.3. The Morgan fingerprint density at radius 1 is 1.16 bits per heavy atom. The monoisotopic (exact) mass is 428 g/mol. The standard InChI is InChI=1S/C21H25FN6O3/c22-16-1-3-17(4-2-16)28-13-15(11-20(28)29)21(30)24-6-5-23-18-12-19(26-14-25-18)27-7-9-31-10-8-27/h1-4,12,14-15H,5-11,13H2,(H,24,30)(H,23,25,26). The van der Waals surface area contributed by atoms with Gasteiger partial charge in [0.2, 0.25) is 11.8 Å². The van der Waals surface area contributed by atoms with Crippen molar-refractivity contribution in [2.45, 2.75) is 6.42 Å². The fourth-order valence-electron chi connectivity index (χ4n) is 3.68. The number of nitrogens with one attached hydrogen (secondary N) is 2. The number of anilines is 3. The van der Waals surface area contributed by atoms with Crippen molar-refractivity contribution >= 4 is 29.1 Å². The third-order valence-corrected chi connectivity index (χ3v) is 5.35. The molecular formula is C21H25FN6O3. The molecule has 2 saturated heterocycles. The lowest BCUT2D eigenvalue weighted by atomic mass is 10.1. The summed E-state index contributed by atoms with van der Waals surface area (Å²) in [6.45, 7) is 4.13. The highest BCUT2D eigenvalue weighted by atomic mass is 19.1. The van der Waals surface area contributed by atoms with Gasteiger partial charge in [-0.15, -0.1) is 0 Å². The number of rotatable bonds is 7. The smallest absolute Gasteiger partial charge is 0.227 e. The van der Waals surface area contributed by atoms with E-state index >= 15 is 0 Å². The number of carbonyl (C=O) groups excluding carboxylic acids is 2. The van der Waals surface area contributed by atoms with E-state index in [1.807, 2.05) is 6.07 Å². The molecule has 1 atom stereocenters. The van der Waals surface area contributed by atoms with Crippen molar-refractivity contribution < 1.29 is 18.7 Å². The second-order valence-electron chi connectivity index (χ2n) is 7.46. The van der Waals surface area contributed by atoms with E-state index in [1.165, 1.54) is 23.4 Å². The Bertz CT molecular complexity index is 920. The molecule has 0 saturated carbocycles. The predicted octanol–water partition coefficient (Wildman–Crippen LogP) is 1.03. The van der Waals surface area contributed by atoms with Gasteiger partial charge in [-0.2, -0.15) is 0 Å². The number of hydrogen-bond donors (Lipinski definition) is 2. The van der Waals surface area contributed by atoms with Gasteiger partial charge in [-0.05, 0) is 24.3 Å². The molecule has 2 aromatic rings. The molecular weight excluding hydrogens is 403 g/mol. The van der Waals surface area contributed by atoms with Crippen LogP contribution in [-0.2, 0) is 14.3 Å². The van der Waals surface area contributed by atoms with Crippen LogP contribution in [0.4, 0.5) is 21.7 Å². The SMILES string of the molecule is O=C(NCCNc1cc(N2CCOCC2)ncn1)C1CC(=O)N(c2ccc(F)cc2)C1. The third-order valence-electron chi connectivity index (χ3n) is 5.35. The van der Waals surface area contributed by atoms with E-state index in [1.54, 1.807) is 12.1 Å². The van der Waals surface area contributed by atoms with Gasteiger partial charge in [-0.25, -0.2) is 14.4 Å². The fourth-order valence-corrected chi connectivity index (χ4v) is 3.68. The van der Waals surface area contributed by atoms with Crippen LogP contribution in [0.1, 0.15) is 6.42 Å². The highest BCUT2D eigenvalue weighted by Crippen LogP contribution is 2.25. The van der Waals surface area contributed by atoms with E-state index in [0.717, 1.165) is 18.9 Å². The number of halogens is 1. The molecule has 9 nitrogen and oxygen atoms in total. The van der Waals surface area contributed by atoms with E-state index in [0.29, 0.717) is 44.4 Å². The fraction of sp³-hybridized carbons (Fsp3) is 0.429. The first kappa shape index (κ1) is 21.0. The van der Waals surface area contributed by atoms with Crippen LogP contribution in [-0.4, -0.2) is 67.7 Å². The molecule has 2 amide bonds. The average Bonchev–Trinajstić information content (AvgIpc) is 3.19. The number of ether oxygens (including phenoxy) is 1. The molecule has 4 rings (SSSR count). The number of hydrogen-bond acceptors (Lipinski definition) is 7. The molecule has 2 aliphatic heterocycles. The maximum absolute atomic E-state index is 13.1. The van der Waals surface area contributed by atoms with Crippen LogP contribution < -0.4 is 20.4 Å². The van der Waals surface area contributed by atoms with Crippen LogP contribution in [0.15, 0.2) is 36.7 Å². The summed E-state index contributed by atoms with van der Waals surface area (Å²) in [7, 11) is 0. The van der Waals surface area contributed by atoms with Gasteiger partial charge in [0.25, 0.3) is 0 Å². The van der Waals surface area contributed by atoms with Gasteiger partial charge in [0.05, 0.1) is 19.1 Å². The largest absolute Gasteiger partial charge is 0.378 e. The third kappa shape index (κ3) is 5.26. The molecule has 1 aromatic carbocycles. The van der Waals surface area contributed by atoms with E-state index in [-0.39, 0.29) is 24.1 Å². The average molecular weight is 428 g/mol. The maximum atomic E-state index is 13.1. The summed E-state index contributed by atoms with van der Waals surface area (Å²) in [5, 5.41) is 6.05. The molecule has 0 aliphatic carbocycles. The van der Waals surface area contributed by atoms with Gasteiger partial charge >= 0.3 is 0 Å². The van der Waals surface area contributed by atoms with Crippen molar-refractivity contribution in [1.82, 2.24) is 15.3 Å². The number of benzene rings is 1.